The van der Waals surface area contributed by atoms with E-state index in [1.165, 1.54) is 4.90 Å². The molecule has 2 aliphatic rings. The van der Waals surface area contributed by atoms with Crippen LogP contribution in [-0.2, 0) is 9.59 Å². The highest BCUT2D eigenvalue weighted by atomic mass is 16.2. The summed E-state index contributed by atoms with van der Waals surface area (Å²) in [6.07, 6.45) is 8.96. The molecule has 0 aromatic rings. The van der Waals surface area contributed by atoms with E-state index >= 15 is 0 Å². The Kier molecular flexibility index (Phi) is 1.43. The zero-order valence-electron chi connectivity index (χ0n) is 6.36. The van der Waals surface area contributed by atoms with Crippen LogP contribution in [0.4, 0.5) is 0 Å². The Morgan fingerprint density at radius 3 is 2.92 bits per heavy atom. The van der Waals surface area contributed by atoms with Crippen LogP contribution in [0.25, 0.3) is 0 Å². The molecule has 0 N–H and O–H groups in total. The van der Waals surface area contributed by atoms with E-state index in [0.717, 1.165) is 5.70 Å². The topological polar surface area (TPSA) is 37.4 Å². The molecule has 12 heavy (non-hydrogen) atoms. The number of carbonyl (C=O) groups excluding carboxylic acids is 2. The van der Waals surface area contributed by atoms with E-state index < -0.39 is 5.91 Å². The van der Waals surface area contributed by atoms with E-state index in [9.17, 15) is 9.59 Å². The van der Waals surface area contributed by atoms with Gasteiger partial charge in [0.25, 0.3) is 5.91 Å². The lowest BCUT2D eigenvalue weighted by Gasteiger charge is -2.23. The van der Waals surface area contributed by atoms with Crippen LogP contribution in [0, 0.1) is 0 Å². The molecule has 0 aliphatic carbocycles. The minimum Gasteiger partial charge on any atom is -0.288 e. The lowest BCUT2D eigenvalue weighted by atomic mass is 10.1. The summed E-state index contributed by atoms with van der Waals surface area (Å²) >= 11 is 0. The first kappa shape index (κ1) is 7.03. The molecule has 0 saturated carbocycles. The molecule has 0 radical (unpaired) electrons. The van der Waals surface area contributed by atoms with Gasteiger partial charge in [0.15, 0.2) is 0 Å². The molecule has 0 unspecified atom stereocenters. The van der Waals surface area contributed by atoms with Gasteiger partial charge in [-0.2, -0.15) is 0 Å². The van der Waals surface area contributed by atoms with Crippen LogP contribution in [-0.4, -0.2) is 16.6 Å². The Balaban J connectivity index is 2.42. The third-order valence-corrected chi connectivity index (χ3v) is 1.85. The lowest BCUT2D eigenvalue weighted by molar-refractivity contribution is -0.142. The van der Waals surface area contributed by atoms with Crippen LogP contribution < -0.4 is 0 Å². The van der Waals surface area contributed by atoms with Gasteiger partial charge in [0, 0.05) is 18.3 Å². The van der Waals surface area contributed by atoms with Crippen molar-refractivity contribution in [3.05, 3.63) is 36.2 Å². The number of ketones is 1. The monoisotopic (exact) mass is 161 g/mol. The van der Waals surface area contributed by atoms with Crippen molar-refractivity contribution in [2.24, 2.45) is 0 Å². The molecule has 0 fully saturated rings. The second-order valence-corrected chi connectivity index (χ2v) is 2.63. The molecule has 2 aliphatic heterocycles. The Bertz CT molecular complexity index is 336. The summed E-state index contributed by atoms with van der Waals surface area (Å²) in [5, 5.41) is 0. The first-order chi connectivity index (χ1) is 5.79. The van der Waals surface area contributed by atoms with Crippen LogP contribution >= 0.6 is 0 Å². The summed E-state index contributed by atoms with van der Waals surface area (Å²) in [5.74, 6) is -0.785. The summed E-state index contributed by atoms with van der Waals surface area (Å²) in [6.45, 7) is 0. The van der Waals surface area contributed by atoms with E-state index in [1.807, 2.05) is 12.2 Å². The minimum atomic E-state index is -0.437. The maximum absolute atomic E-state index is 11.2. The maximum atomic E-state index is 11.2. The molecule has 0 atom stereocenters. The number of amides is 1. The Morgan fingerprint density at radius 2 is 2.08 bits per heavy atom. The van der Waals surface area contributed by atoms with Gasteiger partial charge >= 0.3 is 0 Å². The summed E-state index contributed by atoms with van der Waals surface area (Å²) in [5.41, 5.74) is 0.794. The summed E-state index contributed by atoms with van der Waals surface area (Å²) in [6, 6.07) is 0. The number of hydrogen-bond donors (Lipinski definition) is 0. The van der Waals surface area contributed by atoms with Gasteiger partial charge in [0.05, 0.1) is 0 Å². The Hall–Kier alpha value is -1.64. The molecule has 0 spiro atoms. The average Bonchev–Trinajstić information content (AvgIpc) is 2.12. The summed E-state index contributed by atoms with van der Waals surface area (Å²) in [7, 11) is 0. The normalized spacial score (nSPS) is 21.0. The van der Waals surface area contributed by atoms with Gasteiger partial charge in [-0.1, -0.05) is 12.2 Å². The van der Waals surface area contributed by atoms with Crippen LogP contribution in [0.5, 0.6) is 0 Å². The highest BCUT2D eigenvalue weighted by Gasteiger charge is 2.26. The second-order valence-electron chi connectivity index (χ2n) is 2.63. The van der Waals surface area contributed by atoms with Crippen LogP contribution in [0.1, 0.15) is 6.42 Å². The number of allylic oxidation sites excluding steroid dienone is 4. The predicted molar refractivity (Wildman–Crippen MR) is 42.8 cm³/mol. The molecule has 60 valence electrons. The fourth-order valence-electron chi connectivity index (χ4n) is 1.23. The number of rotatable bonds is 0. The molecule has 0 bridgehead atoms. The van der Waals surface area contributed by atoms with Crippen molar-refractivity contribution in [3.63, 3.8) is 0 Å². The van der Waals surface area contributed by atoms with E-state index in [0.29, 0.717) is 0 Å². The number of hydrogen-bond acceptors (Lipinski definition) is 2. The fraction of sp³-hybridized carbons (Fsp3) is 0.111. The molecule has 2 heterocycles. The van der Waals surface area contributed by atoms with Crippen LogP contribution in [0.2, 0.25) is 0 Å². The van der Waals surface area contributed by atoms with Crippen molar-refractivity contribution in [2.75, 3.05) is 0 Å². The van der Waals surface area contributed by atoms with Crippen molar-refractivity contribution in [3.8, 4) is 0 Å². The summed E-state index contributed by atoms with van der Waals surface area (Å²) < 4.78 is 0. The van der Waals surface area contributed by atoms with Crippen molar-refractivity contribution in [1.82, 2.24) is 4.90 Å². The quantitative estimate of drug-likeness (QED) is 0.492. The van der Waals surface area contributed by atoms with E-state index in [-0.39, 0.29) is 12.2 Å². The molecule has 1 amide bonds. The van der Waals surface area contributed by atoms with Crippen LogP contribution in [0.3, 0.4) is 0 Å². The van der Waals surface area contributed by atoms with Gasteiger partial charge in [-0.15, -0.1) is 0 Å². The van der Waals surface area contributed by atoms with Crippen molar-refractivity contribution < 1.29 is 9.59 Å². The van der Waals surface area contributed by atoms with Gasteiger partial charge < -0.3 is 0 Å². The molecule has 0 aromatic carbocycles. The highest BCUT2D eigenvalue weighted by Crippen LogP contribution is 2.18. The minimum absolute atomic E-state index is 0.225. The molecule has 3 heteroatoms. The zero-order chi connectivity index (χ0) is 8.55. The van der Waals surface area contributed by atoms with Gasteiger partial charge in [0.2, 0.25) is 5.78 Å². The third kappa shape index (κ3) is 0.906. The zero-order valence-corrected chi connectivity index (χ0v) is 6.36. The summed E-state index contributed by atoms with van der Waals surface area (Å²) in [4.78, 5) is 23.5. The third-order valence-electron chi connectivity index (χ3n) is 1.85. The Morgan fingerprint density at radius 1 is 1.25 bits per heavy atom. The predicted octanol–water partition coefficient (Wildman–Crippen LogP) is 0.755. The molecule has 0 saturated heterocycles. The van der Waals surface area contributed by atoms with E-state index in [4.69, 9.17) is 0 Å². The smallest absolute Gasteiger partial charge is 0.288 e. The largest absolute Gasteiger partial charge is 0.298 e. The van der Waals surface area contributed by atoms with E-state index in [1.54, 1.807) is 18.4 Å². The first-order valence-electron chi connectivity index (χ1n) is 3.70. The van der Waals surface area contributed by atoms with Crippen molar-refractivity contribution in [1.29, 1.82) is 0 Å². The van der Waals surface area contributed by atoms with Gasteiger partial charge in [-0.05, 0) is 12.2 Å². The molecular formula is C9H7NO2. The number of carbonyl (C=O) groups is 2. The number of nitrogens with zero attached hydrogens (tertiary/aromatic N) is 1. The SMILES string of the molecule is O=C1CC=C2C=CC=CN2C1=O. The fourth-order valence-corrected chi connectivity index (χ4v) is 1.23. The van der Waals surface area contributed by atoms with Gasteiger partial charge in [-0.25, -0.2) is 0 Å². The molecule has 0 aromatic heterocycles. The lowest BCUT2D eigenvalue weighted by Crippen LogP contribution is -2.35. The first-order valence-corrected chi connectivity index (χ1v) is 3.70. The Labute approximate surface area is 69.7 Å². The standard InChI is InChI=1S/C9H7NO2/c11-8-5-4-7-3-1-2-6-10(7)9(8)12/h1-4,6H,5H2. The average molecular weight is 161 g/mol. The van der Waals surface area contributed by atoms with Gasteiger partial charge in [-0.3, -0.25) is 14.5 Å². The molecule has 3 nitrogen and oxygen atoms in total. The maximum Gasteiger partial charge on any atom is 0.298 e. The van der Waals surface area contributed by atoms with E-state index in [2.05, 4.69) is 0 Å². The highest BCUT2D eigenvalue weighted by molar-refractivity contribution is 6.37. The van der Waals surface area contributed by atoms with Crippen molar-refractivity contribution >= 4 is 11.7 Å². The van der Waals surface area contributed by atoms with Crippen LogP contribution in [0.15, 0.2) is 36.2 Å². The number of Topliss-reactive ketones (excluding diaryl/α,β-unsaturated/α-hetero) is 1. The molecule has 2 rings (SSSR count). The number of fused-ring (bicyclic) bond motifs is 1. The second kappa shape index (κ2) is 2.44. The van der Waals surface area contributed by atoms with Crippen molar-refractivity contribution in [2.45, 2.75) is 6.42 Å². The van der Waals surface area contributed by atoms with Gasteiger partial charge in [0.1, 0.15) is 0 Å². The molecular weight excluding hydrogens is 154 g/mol.